The molecule has 0 saturated carbocycles. The Morgan fingerprint density at radius 3 is 1.08 bits per heavy atom. The highest BCUT2D eigenvalue weighted by Gasteiger charge is 2.27. The fourth-order valence-electron chi connectivity index (χ4n) is 2.21. The van der Waals surface area contributed by atoms with Crippen LogP contribution >= 0.6 is 70.6 Å². The van der Waals surface area contributed by atoms with Crippen molar-refractivity contribution >= 4 is 121 Å². The third-order valence-electron chi connectivity index (χ3n) is 4.15. The van der Waals surface area contributed by atoms with E-state index >= 15 is 0 Å². The van der Waals surface area contributed by atoms with Crippen LogP contribution in [0.5, 0.6) is 0 Å². The number of carbonyl (C=O) groups is 5. The van der Waals surface area contributed by atoms with E-state index in [4.69, 9.17) is 40.9 Å². The first-order valence-corrected chi connectivity index (χ1v) is 23.8. The molecule has 0 aromatic heterocycles. The zero-order valence-electron chi connectivity index (χ0n) is 40.8. The van der Waals surface area contributed by atoms with Crippen LogP contribution in [0, 0.1) is 5.41 Å². The van der Waals surface area contributed by atoms with Gasteiger partial charge in [0.25, 0.3) is 0 Å². The van der Waals surface area contributed by atoms with Crippen LogP contribution in [0.25, 0.3) is 0 Å². The van der Waals surface area contributed by atoms with Crippen molar-refractivity contribution in [2.45, 2.75) is 153 Å². The zero-order chi connectivity index (χ0) is 51.8. The van der Waals surface area contributed by atoms with Gasteiger partial charge in [0.05, 0.1) is 5.41 Å². The lowest BCUT2D eigenvalue weighted by Gasteiger charge is -2.25. The molecule has 27 heteroatoms. The van der Waals surface area contributed by atoms with Crippen LogP contribution in [-0.4, -0.2) is 96.3 Å². The molecule has 14 N–H and O–H groups in total. The SMILES string of the molecule is CC(C)(C)OC(=O)C(C)(C)C.CC(C)(C)OC(=O)NNC(N)=S.CI.CSC(=NNC(=O)OC(C)(C)C)NC(=O)OC(C)(C)C.CSC(N)=NNC(=O)OC(C)(C)C.NNC(N)=S. The second-order valence-electron chi connectivity index (χ2n) is 17.5. The fraction of sp³-hybridized carbons (Fsp3) is 0.750. The molecule has 0 fully saturated rings. The molecule has 0 aliphatic carbocycles. The van der Waals surface area contributed by atoms with Crippen molar-refractivity contribution in [2.75, 3.05) is 17.4 Å². The van der Waals surface area contributed by atoms with Gasteiger partial charge in [0.2, 0.25) is 0 Å². The predicted molar refractivity (Wildman–Crippen MR) is 273 cm³/mol. The molecule has 372 valence electrons. The van der Waals surface area contributed by atoms with Crippen LogP contribution in [0.2, 0.25) is 0 Å². The predicted octanol–water partition coefficient (Wildman–Crippen LogP) is 6.15. The molecule has 0 saturated heterocycles. The van der Waals surface area contributed by atoms with E-state index in [9.17, 15) is 24.0 Å². The van der Waals surface area contributed by atoms with Crippen molar-refractivity contribution in [1.82, 2.24) is 32.4 Å². The Kier molecular flexibility index (Phi) is 39.3. The van der Waals surface area contributed by atoms with Gasteiger partial charge in [-0.2, -0.15) is 0 Å². The lowest BCUT2D eigenvalue weighted by atomic mass is 9.97. The maximum Gasteiger partial charge on any atom is 0.428 e. The van der Waals surface area contributed by atoms with E-state index in [1.807, 2.05) is 51.9 Å². The quantitative estimate of drug-likeness (QED) is 0.0170. The van der Waals surface area contributed by atoms with Crippen molar-refractivity contribution in [2.24, 2.45) is 38.7 Å². The number of hydrogen-bond acceptors (Lipinski definition) is 17. The van der Waals surface area contributed by atoms with Gasteiger partial charge in [-0.15, -0.1) is 10.2 Å². The second-order valence-corrected chi connectivity index (χ2v) is 20.0. The number of rotatable bonds is 2. The molecule has 22 nitrogen and oxygen atoms in total. The average Bonchev–Trinajstić information content (AvgIpc) is 3.06. The maximum absolute atomic E-state index is 11.5. The first-order valence-electron chi connectivity index (χ1n) is 18.4. The molecule has 0 atom stereocenters. The molecular formula is C36H77IN12O10S4. The molecular weight excluding hydrogens is 1020 g/mol. The van der Waals surface area contributed by atoms with Crippen molar-refractivity contribution in [3.8, 4) is 0 Å². The Balaban J connectivity index is -0.000000167. The number of alkyl halides is 1. The lowest BCUT2D eigenvalue weighted by molar-refractivity contribution is -0.164. The average molecular weight is 1090 g/mol. The Morgan fingerprint density at radius 1 is 0.508 bits per heavy atom. The van der Waals surface area contributed by atoms with Crippen LogP contribution < -0.4 is 55.5 Å². The molecule has 0 radical (unpaired) electrons. The standard InChI is InChI=1S/C12H23N3O4S.C9H18O2.C7H15N3O2S.C6H13N3O2S.CH3I.CH5N3S/c1-11(2,3)18-9(16)13-8(20-7)14-15-10(17)19-12(4,5)6;1-8(2,3)7(10)11-9(4,5)6;1-7(2,3)12-6(11)10-9-5(8)13-4;1-6(2,3)11-5(10)9-8-4(7)12;1-2;2-1(5)4-3/h1-7H3,(H,15,17)(H,13,14,16);1-6H3;1-4H3,(H2,8,9)(H,10,11);1-3H3,(H,9,10)(H3,7,8,12);1H3;3H2,(H3,2,4,5). The smallest absolute Gasteiger partial charge is 0.428 e. The number of esters is 1. The molecule has 0 rings (SSSR count). The summed E-state index contributed by atoms with van der Waals surface area (Å²) in [4.78, 5) is 58.0. The van der Waals surface area contributed by atoms with Crippen LogP contribution in [0.1, 0.15) is 125 Å². The highest BCUT2D eigenvalue weighted by atomic mass is 127. The molecule has 0 aliphatic heterocycles. The Hall–Kier alpha value is -3.54. The van der Waals surface area contributed by atoms with E-state index in [2.05, 4.69) is 90.1 Å². The number of amidine groups is 2. The topological polar surface area (TPSA) is 332 Å². The largest absolute Gasteiger partial charge is 0.460 e. The number of nitrogens with zero attached hydrogens (tertiary/aromatic N) is 2. The van der Waals surface area contributed by atoms with Gasteiger partial charge in [0, 0.05) is 0 Å². The fourth-order valence-corrected chi connectivity index (χ4v) is 2.72. The zero-order valence-corrected chi connectivity index (χ0v) is 46.2. The minimum absolute atomic E-state index is 0.0131. The van der Waals surface area contributed by atoms with Crippen LogP contribution in [0.3, 0.4) is 0 Å². The van der Waals surface area contributed by atoms with Gasteiger partial charge >= 0.3 is 30.3 Å². The number of amides is 4. The first-order chi connectivity index (χ1) is 28.0. The van der Waals surface area contributed by atoms with Gasteiger partial charge in [0.1, 0.15) is 28.0 Å². The number of nitrogens with one attached hydrogen (secondary N) is 6. The molecule has 4 amide bonds. The van der Waals surface area contributed by atoms with Gasteiger partial charge in [-0.05, 0) is 167 Å². The van der Waals surface area contributed by atoms with Gasteiger partial charge in [0.15, 0.2) is 20.6 Å². The van der Waals surface area contributed by atoms with Crippen molar-refractivity contribution in [1.29, 1.82) is 0 Å². The number of alkyl carbamates (subject to hydrolysis) is 1. The third-order valence-corrected chi connectivity index (χ3v) is 5.46. The summed E-state index contributed by atoms with van der Waals surface area (Å²) in [6, 6.07) is 0. The summed E-state index contributed by atoms with van der Waals surface area (Å²) in [6.45, 7) is 32.2. The summed E-state index contributed by atoms with van der Waals surface area (Å²) >= 11 is 13.2. The number of ether oxygens (including phenoxy) is 5. The summed E-state index contributed by atoms with van der Waals surface area (Å²) in [6.07, 6.45) is 0.897. The van der Waals surface area contributed by atoms with Crippen LogP contribution in [-0.2, 0) is 28.5 Å². The Bertz CT molecular complexity index is 1450. The number of nitrogens with two attached hydrogens (primary N) is 4. The number of thiocarbonyl (C=S) groups is 2. The van der Waals surface area contributed by atoms with E-state index in [0.717, 1.165) is 11.8 Å². The first kappa shape index (κ1) is 71.1. The van der Waals surface area contributed by atoms with Crippen molar-refractivity contribution in [3.63, 3.8) is 0 Å². The third kappa shape index (κ3) is 67.7. The van der Waals surface area contributed by atoms with Gasteiger partial charge in [-0.25, -0.2) is 41.3 Å². The number of carbonyl (C=O) groups excluding carboxylic acids is 5. The highest BCUT2D eigenvalue weighted by Crippen LogP contribution is 2.20. The molecule has 0 aromatic rings. The molecule has 0 aliphatic rings. The molecule has 0 bridgehead atoms. The van der Waals surface area contributed by atoms with E-state index in [1.54, 1.807) is 95.6 Å². The molecule has 0 spiro atoms. The van der Waals surface area contributed by atoms with E-state index in [0.29, 0.717) is 0 Å². The second kappa shape index (κ2) is 34.8. The summed E-state index contributed by atoms with van der Waals surface area (Å²) in [5.74, 6) is 4.51. The lowest BCUT2D eigenvalue weighted by Crippen LogP contribution is -2.46. The van der Waals surface area contributed by atoms with Gasteiger partial charge in [-0.3, -0.25) is 15.5 Å². The molecule has 0 heterocycles. The number of halogens is 1. The molecule has 0 aromatic carbocycles. The number of thioether (sulfide) groups is 2. The Morgan fingerprint density at radius 2 is 0.825 bits per heavy atom. The summed E-state index contributed by atoms with van der Waals surface area (Å²) in [5.41, 5.74) is 23.0. The van der Waals surface area contributed by atoms with Crippen molar-refractivity contribution < 1.29 is 47.7 Å². The summed E-state index contributed by atoms with van der Waals surface area (Å²) in [5, 5.41) is 10.3. The van der Waals surface area contributed by atoms with Crippen LogP contribution in [0.15, 0.2) is 10.2 Å². The molecule has 63 heavy (non-hydrogen) atoms. The van der Waals surface area contributed by atoms with Crippen LogP contribution in [0.4, 0.5) is 19.2 Å². The number of hydrazone groups is 2. The van der Waals surface area contributed by atoms with Gasteiger partial charge < -0.3 is 46.3 Å². The highest BCUT2D eigenvalue weighted by molar-refractivity contribution is 14.1. The minimum atomic E-state index is -0.699. The normalized spacial score (nSPS) is 11.4. The minimum Gasteiger partial charge on any atom is -0.460 e. The Labute approximate surface area is 407 Å². The summed E-state index contributed by atoms with van der Waals surface area (Å²) in [7, 11) is 0. The summed E-state index contributed by atoms with van der Waals surface area (Å²) < 4.78 is 25.0. The van der Waals surface area contributed by atoms with E-state index in [-0.39, 0.29) is 32.1 Å². The van der Waals surface area contributed by atoms with Crippen molar-refractivity contribution in [3.05, 3.63) is 0 Å². The number of hydrogen-bond donors (Lipinski definition) is 10. The monoisotopic (exact) mass is 1090 g/mol. The number of hydrazine groups is 2. The van der Waals surface area contributed by atoms with E-state index < -0.39 is 52.2 Å². The van der Waals surface area contributed by atoms with Gasteiger partial charge in [-0.1, -0.05) is 46.1 Å². The molecule has 0 unspecified atom stereocenters. The van der Waals surface area contributed by atoms with E-state index in [1.165, 1.54) is 11.8 Å². The maximum atomic E-state index is 11.5.